The summed E-state index contributed by atoms with van der Waals surface area (Å²) in [6.45, 7) is 2.78. The van der Waals surface area contributed by atoms with Crippen molar-refractivity contribution in [3.05, 3.63) is 77.1 Å². The Bertz CT molecular complexity index is 994. The molecule has 1 fully saturated rings. The van der Waals surface area contributed by atoms with E-state index < -0.39 is 6.10 Å². The number of aliphatic hydroxyl groups is 1. The summed E-state index contributed by atoms with van der Waals surface area (Å²) in [6.07, 6.45) is 4.34. The number of hydrogen-bond donors (Lipinski definition) is 2. The number of rotatable bonds is 4. The number of phenolic OH excluding ortho intramolecular Hbond substituents is 1. The van der Waals surface area contributed by atoms with E-state index in [1.165, 1.54) is 11.1 Å². The van der Waals surface area contributed by atoms with Crippen LogP contribution in [0.3, 0.4) is 0 Å². The van der Waals surface area contributed by atoms with E-state index in [2.05, 4.69) is 33.4 Å². The Balaban J connectivity index is 1.23. The number of nitrogens with zero attached hydrogens (tertiary/aromatic N) is 4. The fourth-order valence-corrected chi connectivity index (χ4v) is 4.83. The Morgan fingerprint density at radius 2 is 1.86 bits per heavy atom. The number of fused-ring (bicyclic) bond motifs is 1. The summed E-state index contributed by atoms with van der Waals surface area (Å²) in [7, 11) is 0. The molecule has 1 aliphatic heterocycles. The molecule has 0 amide bonds. The minimum atomic E-state index is -0.458. The smallest absolute Gasteiger partial charge is 0.115 e. The lowest BCUT2D eigenvalue weighted by atomic mass is 9.89. The van der Waals surface area contributed by atoms with Crippen molar-refractivity contribution in [3.63, 3.8) is 0 Å². The van der Waals surface area contributed by atoms with Gasteiger partial charge in [-0.2, -0.15) is 0 Å². The highest BCUT2D eigenvalue weighted by Crippen LogP contribution is 2.34. The monoisotopic (exact) mass is 390 g/mol. The molecule has 1 aromatic heterocycles. The van der Waals surface area contributed by atoms with Crippen molar-refractivity contribution < 1.29 is 10.2 Å². The Kier molecular flexibility index (Phi) is 4.81. The second-order valence-corrected chi connectivity index (χ2v) is 8.25. The molecule has 0 radical (unpaired) electrons. The number of benzene rings is 2. The number of hydrogen-bond acceptors (Lipinski definition) is 5. The van der Waals surface area contributed by atoms with Crippen molar-refractivity contribution in [2.45, 2.75) is 43.9 Å². The number of piperidine rings is 1. The van der Waals surface area contributed by atoms with Crippen molar-refractivity contribution in [1.82, 2.24) is 19.9 Å². The van der Waals surface area contributed by atoms with Crippen LogP contribution in [0.15, 0.2) is 54.7 Å². The van der Waals surface area contributed by atoms with Gasteiger partial charge in [0, 0.05) is 13.0 Å². The summed E-state index contributed by atoms with van der Waals surface area (Å²) in [5.74, 6) is 0.844. The number of aromatic nitrogens is 3. The molecule has 0 unspecified atom stereocenters. The number of aliphatic hydroxyl groups excluding tert-OH is 1. The lowest BCUT2D eigenvalue weighted by Crippen LogP contribution is -2.32. The van der Waals surface area contributed by atoms with Gasteiger partial charge < -0.3 is 10.2 Å². The molecule has 1 saturated heterocycles. The fourth-order valence-electron chi connectivity index (χ4n) is 4.83. The lowest BCUT2D eigenvalue weighted by molar-refractivity contribution is 0.137. The van der Waals surface area contributed by atoms with Crippen LogP contribution in [0, 0.1) is 0 Å². The quantitative estimate of drug-likeness (QED) is 0.717. The zero-order valence-corrected chi connectivity index (χ0v) is 16.4. The predicted octanol–water partition coefficient (Wildman–Crippen LogP) is 2.87. The third-order valence-electron chi connectivity index (χ3n) is 6.32. The number of likely N-dealkylation sites (tertiary alicyclic amines) is 1. The summed E-state index contributed by atoms with van der Waals surface area (Å²) in [6, 6.07) is 15.7. The van der Waals surface area contributed by atoms with E-state index in [1.54, 1.807) is 6.07 Å². The van der Waals surface area contributed by atoms with Crippen LogP contribution in [0.25, 0.3) is 0 Å². The molecule has 2 N–H and O–H groups in total. The first-order valence-corrected chi connectivity index (χ1v) is 10.4. The molecular weight excluding hydrogens is 364 g/mol. The second kappa shape index (κ2) is 7.61. The molecule has 29 heavy (non-hydrogen) atoms. The molecule has 0 saturated carbocycles. The van der Waals surface area contributed by atoms with E-state index in [-0.39, 0.29) is 6.04 Å². The third-order valence-corrected chi connectivity index (χ3v) is 6.32. The largest absolute Gasteiger partial charge is 0.508 e. The highest BCUT2D eigenvalue weighted by Gasteiger charge is 2.33. The van der Waals surface area contributed by atoms with Gasteiger partial charge in [0.25, 0.3) is 0 Å². The van der Waals surface area contributed by atoms with Crippen LogP contribution in [0.2, 0.25) is 0 Å². The van der Waals surface area contributed by atoms with E-state index in [9.17, 15) is 10.2 Å². The molecule has 2 aliphatic rings. The molecule has 1 aliphatic carbocycles. The third kappa shape index (κ3) is 3.66. The minimum absolute atomic E-state index is 0.149. The van der Waals surface area contributed by atoms with Gasteiger partial charge in [-0.15, -0.1) is 5.10 Å². The van der Waals surface area contributed by atoms with Gasteiger partial charge in [-0.05, 0) is 60.7 Å². The molecule has 2 atom stereocenters. The zero-order chi connectivity index (χ0) is 19.8. The highest BCUT2D eigenvalue weighted by atomic mass is 16.3. The standard InChI is InChI=1S/C23H26N4O2/c28-20-6-3-5-17(12-20)16-8-10-26(11-9-16)14-19-15-27(25-24-19)23-21-7-2-1-4-18(21)13-22(23)29/h1-7,12,15-16,22-23,28-29H,8-11,13-14H2/t22-,23-/m1/s1. The molecule has 6 nitrogen and oxygen atoms in total. The Hall–Kier alpha value is -2.70. The second-order valence-electron chi connectivity index (χ2n) is 8.25. The van der Waals surface area contributed by atoms with Gasteiger partial charge in [0.2, 0.25) is 0 Å². The Morgan fingerprint density at radius 1 is 1.03 bits per heavy atom. The molecule has 0 spiro atoms. The summed E-state index contributed by atoms with van der Waals surface area (Å²) in [5.41, 5.74) is 4.50. The predicted molar refractivity (Wildman–Crippen MR) is 110 cm³/mol. The first kappa shape index (κ1) is 18.3. The lowest BCUT2D eigenvalue weighted by Gasteiger charge is -2.31. The minimum Gasteiger partial charge on any atom is -0.508 e. The molecule has 0 bridgehead atoms. The number of aromatic hydroxyl groups is 1. The highest BCUT2D eigenvalue weighted by molar-refractivity contribution is 5.37. The van der Waals surface area contributed by atoms with Crippen LogP contribution in [-0.4, -0.2) is 49.3 Å². The summed E-state index contributed by atoms with van der Waals surface area (Å²) < 4.78 is 1.82. The fraction of sp³-hybridized carbons (Fsp3) is 0.391. The van der Waals surface area contributed by atoms with Gasteiger partial charge in [0.15, 0.2) is 0 Å². The van der Waals surface area contributed by atoms with Crippen molar-refractivity contribution >= 4 is 0 Å². The zero-order valence-electron chi connectivity index (χ0n) is 16.4. The molecule has 150 valence electrons. The van der Waals surface area contributed by atoms with Crippen molar-refractivity contribution in [2.24, 2.45) is 0 Å². The van der Waals surface area contributed by atoms with Gasteiger partial charge >= 0.3 is 0 Å². The number of phenols is 1. The van der Waals surface area contributed by atoms with Crippen LogP contribution >= 0.6 is 0 Å². The van der Waals surface area contributed by atoms with Crippen LogP contribution in [0.1, 0.15) is 47.2 Å². The van der Waals surface area contributed by atoms with Crippen molar-refractivity contribution in [1.29, 1.82) is 0 Å². The molecule has 2 aromatic carbocycles. The van der Waals surface area contributed by atoms with E-state index in [4.69, 9.17) is 0 Å². The maximum atomic E-state index is 10.5. The summed E-state index contributed by atoms with van der Waals surface area (Å²) in [5, 5.41) is 29.0. The van der Waals surface area contributed by atoms with E-state index in [1.807, 2.05) is 35.1 Å². The van der Waals surface area contributed by atoms with E-state index in [0.717, 1.165) is 43.7 Å². The Morgan fingerprint density at radius 3 is 2.69 bits per heavy atom. The van der Waals surface area contributed by atoms with Crippen LogP contribution < -0.4 is 0 Å². The topological polar surface area (TPSA) is 74.4 Å². The van der Waals surface area contributed by atoms with E-state index in [0.29, 0.717) is 18.1 Å². The average Bonchev–Trinajstić information content (AvgIpc) is 3.31. The summed E-state index contributed by atoms with van der Waals surface area (Å²) in [4.78, 5) is 2.41. The van der Waals surface area contributed by atoms with Crippen LogP contribution in [-0.2, 0) is 13.0 Å². The van der Waals surface area contributed by atoms with E-state index >= 15 is 0 Å². The van der Waals surface area contributed by atoms with Crippen molar-refractivity contribution in [3.8, 4) is 5.75 Å². The SMILES string of the molecule is Oc1cccc(C2CCN(Cc3cn([C@@H]4c5ccccc5C[C@H]4O)nn3)CC2)c1. The van der Waals surface area contributed by atoms with Crippen LogP contribution in [0.5, 0.6) is 5.75 Å². The van der Waals surface area contributed by atoms with Gasteiger partial charge in [-0.1, -0.05) is 41.6 Å². The first-order chi connectivity index (χ1) is 14.2. The molecule has 3 aromatic rings. The van der Waals surface area contributed by atoms with Gasteiger partial charge in [-0.25, -0.2) is 4.68 Å². The van der Waals surface area contributed by atoms with Crippen LogP contribution in [0.4, 0.5) is 0 Å². The van der Waals surface area contributed by atoms with Gasteiger partial charge in [0.1, 0.15) is 11.8 Å². The first-order valence-electron chi connectivity index (χ1n) is 10.4. The van der Waals surface area contributed by atoms with Crippen molar-refractivity contribution in [2.75, 3.05) is 13.1 Å². The maximum Gasteiger partial charge on any atom is 0.115 e. The average molecular weight is 390 g/mol. The van der Waals surface area contributed by atoms with Gasteiger partial charge in [0.05, 0.1) is 18.0 Å². The maximum absolute atomic E-state index is 10.5. The molecule has 6 heteroatoms. The molecular formula is C23H26N4O2. The van der Waals surface area contributed by atoms with Gasteiger partial charge in [-0.3, -0.25) is 4.90 Å². The molecule has 5 rings (SSSR count). The molecule has 2 heterocycles. The normalized spacial score (nSPS) is 22.7. The summed E-state index contributed by atoms with van der Waals surface area (Å²) >= 11 is 0. The Labute approximate surface area is 170 Å².